The lowest BCUT2D eigenvalue weighted by Gasteiger charge is -1.83. The van der Waals surface area contributed by atoms with Gasteiger partial charge >= 0.3 is 5.30 Å². The minimum atomic E-state index is -0.916. The molecular formula is C4H3NO2S2. The largest absolute Gasteiger partial charge is 0.473 e. The molecule has 0 aromatic carbocycles. The number of carboxylic acid groups (broad SMARTS) is 1. The second-order valence-corrected chi connectivity index (χ2v) is 2.88. The number of thiazole rings is 1. The summed E-state index contributed by atoms with van der Waals surface area (Å²) in [7, 11) is 0. The summed E-state index contributed by atoms with van der Waals surface area (Å²) < 4.78 is 0. The van der Waals surface area contributed by atoms with Gasteiger partial charge in [0.25, 0.3) is 0 Å². The van der Waals surface area contributed by atoms with Crippen LogP contribution in [0.25, 0.3) is 0 Å². The van der Waals surface area contributed by atoms with Crippen molar-refractivity contribution in [2.45, 2.75) is 5.03 Å². The van der Waals surface area contributed by atoms with Crippen molar-refractivity contribution in [1.82, 2.24) is 4.98 Å². The molecule has 0 radical (unpaired) electrons. The summed E-state index contributed by atoms with van der Waals surface area (Å²) >= 11 is 2.11. The van der Waals surface area contributed by atoms with E-state index in [0.717, 1.165) is 11.8 Å². The molecule has 0 unspecified atom stereocenters. The maximum Gasteiger partial charge on any atom is 0.371 e. The fraction of sp³-hybridized carbons (Fsp3) is 0. The zero-order valence-corrected chi connectivity index (χ0v) is 5.91. The van der Waals surface area contributed by atoms with Gasteiger partial charge in [0.2, 0.25) is 0 Å². The van der Waals surface area contributed by atoms with Crippen LogP contribution in [0.2, 0.25) is 0 Å². The fourth-order valence-electron chi connectivity index (χ4n) is 0.341. The predicted octanol–water partition coefficient (Wildman–Crippen LogP) is 1.91. The molecule has 5 heteroatoms. The molecule has 0 aliphatic carbocycles. The maximum atomic E-state index is 9.99. The topological polar surface area (TPSA) is 50.2 Å². The molecule has 0 saturated heterocycles. The van der Waals surface area contributed by atoms with Crippen molar-refractivity contribution in [3.8, 4) is 0 Å². The van der Waals surface area contributed by atoms with Gasteiger partial charge in [-0.25, -0.2) is 9.78 Å². The lowest BCUT2D eigenvalue weighted by Crippen LogP contribution is -1.81. The first kappa shape index (κ1) is 6.57. The number of thioether (sulfide) groups is 1. The predicted molar refractivity (Wildman–Crippen MR) is 36.0 cm³/mol. The van der Waals surface area contributed by atoms with Gasteiger partial charge in [-0.1, -0.05) is 0 Å². The SMILES string of the molecule is O=C(O)Sc1cscn1. The molecule has 1 N–H and O–H groups in total. The van der Waals surface area contributed by atoms with Gasteiger partial charge in [0.15, 0.2) is 0 Å². The van der Waals surface area contributed by atoms with E-state index in [-0.39, 0.29) is 0 Å². The minimum absolute atomic E-state index is 0.549. The third kappa shape index (κ3) is 2.03. The van der Waals surface area contributed by atoms with E-state index in [1.165, 1.54) is 11.3 Å². The number of hydrogen-bond donors (Lipinski definition) is 1. The Bertz CT molecular complexity index is 196. The summed E-state index contributed by atoms with van der Waals surface area (Å²) in [6.45, 7) is 0. The van der Waals surface area contributed by atoms with Crippen LogP contribution in [0.1, 0.15) is 0 Å². The molecule has 0 aliphatic heterocycles. The van der Waals surface area contributed by atoms with Crippen molar-refractivity contribution in [1.29, 1.82) is 0 Å². The Labute approximate surface area is 59.7 Å². The molecule has 1 rings (SSSR count). The van der Waals surface area contributed by atoms with Crippen LogP contribution >= 0.6 is 23.1 Å². The molecule has 1 aromatic rings. The van der Waals surface area contributed by atoms with Crippen LogP contribution < -0.4 is 0 Å². The quantitative estimate of drug-likeness (QED) is 0.639. The van der Waals surface area contributed by atoms with Gasteiger partial charge in [-0.15, -0.1) is 11.3 Å². The highest BCUT2D eigenvalue weighted by atomic mass is 32.2. The Morgan fingerprint density at radius 2 is 2.67 bits per heavy atom. The molecule has 0 spiro atoms. The highest BCUT2D eigenvalue weighted by Gasteiger charge is 2.00. The molecule has 3 nitrogen and oxygen atoms in total. The van der Waals surface area contributed by atoms with Gasteiger partial charge in [0.05, 0.1) is 5.51 Å². The van der Waals surface area contributed by atoms with Crippen LogP contribution in [0, 0.1) is 0 Å². The van der Waals surface area contributed by atoms with E-state index in [1.54, 1.807) is 10.9 Å². The van der Waals surface area contributed by atoms with Crippen molar-refractivity contribution >= 4 is 28.4 Å². The number of carbonyl (C=O) groups is 1. The second kappa shape index (κ2) is 2.84. The molecular weight excluding hydrogens is 158 g/mol. The van der Waals surface area contributed by atoms with Crippen LogP contribution in [-0.2, 0) is 0 Å². The Balaban J connectivity index is 2.58. The zero-order chi connectivity index (χ0) is 6.69. The number of hydrogen-bond acceptors (Lipinski definition) is 4. The molecule has 0 aliphatic rings. The van der Waals surface area contributed by atoms with Gasteiger partial charge < -0.3 is 5.11 Å². The van der Waals surface area contributed by atoms with Crippen molar-refractivity contribution in [3.63, 3.8) is 0 Å². The van der Waals surface area contributed by atoms with Crippen molar-refractivity contribution in [2.24, 2.45) is 0 Å². The van der Waals surface area contributed by atoms with Gasteiger partial charge in [-0.05, 0) is 0 Å². The van der Waals surface area contributed by atoms with Crippen LogP contribution in [0.15, 0.2) is 15.9 Å². The first-order chi connectivity index (χ1) is 4.29. The highest BCUT2D eigenvalue weighted by molar-refractivity contribution is 8.13. The Morgan fingerprint density at radius 1 is 1.89 bits per heavy atom. The first-order valence-electron chi connectivity index (χ1n) is 2.08. The average Bonchev–Trinajstić information content (AvgIpc) is 2.15. The van der Waals surface area contributed by atoms with E-state index in [2.05, 4.69) is 4.98 Å². The molecule has 0 fully saturated rings. The summed E-state index contributed by atoms with van der Waals surface area (Å²) in [5.74, 6) is 0. The van der Waals surface area contributed by atoms with E-state index in [9.17, 15) is 4.79 Å². The Morgan fingerprint density at radius 3 is 3.11 bits per heavy atom. The van der Waals surface area contributed by atoms with Gasteiger partial charge in [-0.3, -0.25) is 0 Å². The summed E-state index contributed by atoms with van der Waals surface area (Å²) in [6.07, 6.45) is 0. The van der Waals surface area contributed by atoms with Crippen molar-refractivity contribution in [3.05, 3.63) is 10.9 Å². The highest BCUT2D eigenvalue weighted by Crippen LogP contribution is 2.16. The lowest BCUT2D eigenvalue weighted by atomic mass is 11.0. The van der Waals surface area contributed by atoms with E-state index in [1.807, 2.05) is 0 Å². The maximum absolute atomic E-state index is 9.99. The molecule has 0 bridgehead atoms. The molecule has 0 atom stereocenters. The van der Waals surface area contributed by atoms with Crippen LogP contribution in [0.5, 0.6) is 0 Å². The third-order valence-corrected chi connectivity index (χ3v) is 1.94. The minimum Gasteiger partial charge on any atom is -0.473 e. The number of rotatable bonds is 1. The van der Waals surface area contributed by atoms with E-state index >= 15 is 0 Å². The Kier molecular flexibility index (Phi) is 2.07. The summed E-state index contributed by atoms with van der Waals surface area (Å²) in [5, 5.41) is 9.54. The normalized spacial score (nSPS) is 9.33. The molecule has 0 saturated carbocycles. The second-order valence-electron chi connectivity index (χ2n) is 1.19. The fourth-order valence-corrected chi connectivity index (χ4v) is 1.46. The summed E-state index contributed by atoms with van der Waals surface area (Å²) in [4.78, 5) is 13.8. The number of aromatic nitrogens is 1. The molecule has 9 heavy (non-hydrogen) atoms. The smallest absolute Gasteiger partial charge is 0.371 e. The van der Waals surface area contributed by atoms with Crippen molar-refractivity contribution in [2.75, 3.05) is 0 Å². The first-order valence-corrected chi connectivity index (χ1v) is 3.84. The monoisotopic (exact) mass is 161 g/mol. The van der Waals surface area contributed by atoms with Crippen molar-refractivity contribution < 1.29 is 9.90 Å². The molecule has 48 valence electrons. The van der Waals surface area contributed by atoms with Crippen LogP contribution in [0.3, 0.4) is 0 Å². The lowest BCUT2D eigenvalue weighted by molar-refractivity contribution is 0.222. The van der Waals surface area contributed by atoms with Gasteiger partial charge in [-0.2, -0.15) is 0 Å². The molecule has 1 heterocycles. The van der Waals surface area contributed by atoms with E-state index in [4.69, 9.17) is 5.11 Å². The van der Waals surface area contributed by atoms with Gasteiger partial charge in [0, 0.05) is 17.1 Å². The average molecular weight is 161 g/mol. The standard InChI is InChI=1S/C4H3NO2S2/c6-4(7)9-3-1-8-2-5-3/h1-2H,(H,6,7). The van der Waals surface area contributed by atoms with Crippen LogP contribution in [-0.4, -0.2) is 15.4 Å². The summed E-state index contributed by atoms with van der Waals surface area (Å²) in [6, 6.07) is 0. The molecule has 1 aromatic heterocycles. The molecule has 0 amide bonds. The summed E-state index contributed by atoms with van der Waals surface area (Å²) in [5.41, 5.74) is 1.60. The zero-order valence-electron chi connectivity index (χ0n) is 4.27. The van der Waals surface area contributed by atoms with E-state index in [0.29, 0.717) is 5.03 Å². The number of nitrogens with zero attached hydrogens (tertiary/aromatic N) is 1. The van der Waals surface area contributed by atoms with Gasteiger partial charge in [0.1, 0.15) is 5.03 Å². The Hall–Kier alpha value is -0.550. The van der Waals surface area contributed by atoms with E-state index < -0.39 is 5.30 Å². The third-order valence-electron chi connectivity index (χ3n) is 0.602. The van der Waals surface area contributed by atoms with Crippen LogP contribution in [0.4, 0.5) is 4.79 Å².